The summed E-state index contributed by atoms with van der Waals surface area (Å²) < 4.78 is 76.4. The van der Waals surface area contributed by atoms with Gasteiger partial charge in [0.1, 0.15) is 18.3 Å². The standard InChI is InChI=1S/C37H39ClF3N3O5S/c1-25(2)22-42-36(46)34(20-27-9-6-5-7-10-27)43(23-28-11-8-12-30(19-28)49-4)35(45)24-44(50(47,48)31-16-13-26(3)14-17-31)29-15-18-33(38)32(21-29)37(39,40)41/h5-19,21,25,34H,20,22-24H2,1-4H3,(H,42,46)/t34-/m0/s1. The summed E-state index contributed by atoms with van der Waals surface area (Å²) in [5.41, 5.74) is 0.360. The van der Waals surface area contributed by atoms with Crippen molar-refractivity contribution in [3.8, 4) is 5.75 Å². The molecule has 0 bridgehead atoms. The molecule has 0 fully saturated rings. The van der Waals surface area contributed by atoms with Crippen molar-refractivity contribution in [2.24, 2.45) is 5.92 Å². The largest absolute Gasteiger partial charge is 0.497 e. The van der Waals surface area contributed by atoms with Gasteiger partial charge in [0.15, 0.2) is 0 Å². The lowest BCUT2D eigenvalue weighted by Gasteiger charge is -2.34. The van der Waals surface area contributed by atoms with Gasteiger partial charge in [-0.05, 0) is 66.4 Å². The van der Waals surface area contributed by atoms with Gasteiger partial charge in [0, 0.05) is 19.5 Å². The summed E-state index contributed by atoms with van der Waals surface area (Å²) >= 11 is 5.89. The highest BCUT2D eigenvalue weighted by Crippen LogP contribution is 2.38. The number of rotatable bonds is 14. The second kappa shape index (κ2) is 16.4. The van der Waals surface area contributed by atoms with Gasteiger partial charge in [-0.2, -0.15) is 13.2 Å². The van der Waals surface area contributed by atoms with Crippen LogP contribution in [0.25, 0.3) is 0 Å². The Morgan fingerprint density at radius 3 is 2.18 bits per heavy atom. The predicted octanol–water partition coefficient (Wildman–Crippen LogP) is 7.28. The van der Waals surface area contributed by atoms with E-state index in [9.17, 15) is 31.2 Å². The van der Waals surface area contributed by atoms with E-state index in [2.05, 4.69) is 5.32 Å². The Morgan fingerprint density at radius 1 is 0.900 bits per heavy atom. The van der Waals surface area contributed by atoms with E-state index in [4.69, 9.17) is 16.3 Å². The number of hydrogen-bond acceptors (Lipinski definition) is 5. The zero-order chi connectivity index (χ0) is 36.6. The van der Waals surface area contributed by atoms with Crippen LogP contribution in [0.3, 0.4) is 0 Å². The lowest BCUT2D eigenvalue weighted by Crippen LogP contribution is -2.53. The minimum absolute atomic E-state index is 0.0738. The van der Waals surface area contributed by atoms with E-state index in [1.165, 1.54) is 24.1 Å². The molecule has 0 aliphatic rings. The van der Waals surface area contributed by atoms with Gasteiger partial charge in [0.25, 0.3) is 10.0 Å². The molecule has 50 heavy (non-hydrogen) atoms. The highest BCUT2D eigenvalue weighted by molar-refractivity contribution is 7.92. The molecule has 0 saturated carbocycles. The maximum Gasteiger partial charge on any atom is 0.417 e. The molecule has 0 radical (unpaired) electrons. The fourth-order valence-electron chi connectivity index (χ4n) is 5.20. The number of hydrogen-bond donors (Lipinski definition) is 1. The number of nitrogens with zero attached hydrogens (tertiary/aromatic N) is 2. The van der Waals surface area contributed by atoms with Gasteiger partial charge in [-0.1, -0.05) is 85.6 Å². The minimum atomic E-state index is -4.91. The molecule has 0 spiro atoms. The number of ether oxygens (including phenoxy) is 1. The molecule has 0 saturated heterocycles. The summed E-state index contributed by atoms with van der Waals surface area (Å²) in [6.07, 6.45) is -4.84. The molecule has 0 heterocycles. The quantitative estimate of drug-likeness (QED) is 0.147. The van der Waals surface area contributed by atoms with Crippen molar-refractivity contribution in [1.82, 2.24) is 10.2 Å². The van der Waals surface area contributed by atoms with Crippen molar-refractivity contribution >= 4 is 39.1 Å². The first-order valence-corrected chi connectivity index (χ1v) is 17.6. The van der Waals surface area contributed by atoms with Crippen LogP contribution in [0.15, 0.2) is 102 Å². The fraction of sp³-hybridized carbons (Fsp3) is 0.297. The maximum atomic E-state index is 14.6. The van der Waals surface area contributed by atoms with Crippen LogP contribution in [0.2, 0.25) is 5.02 Å². The SMILES string of the molecule is COc1cccc(CN(C(=O)CN(c2ccc(Cl)c(C(F)(F)F)c2)S(=O)(=O)c2ccc(C)cc2)[C@@H](Cc2ccccc2)C(=O)NCC(C)C)c1. The van der Waals surface area contributed by atoms with E-state index >= 15 is 0 Å². The average molecular weight is 730 g/mol. The molecule has 266 valence electrons. The third-order valence-electron chi connectivity index (χ3n) is 7.87. The van der Waals surface area contributed by atoms with E-state index in [1.807, 2.05) is 19.9 Å². The minimum Gasteiger partial charge on any atom is -0.497 e. The Morgan fingerprint density at radius 2 is 1.56 bits per heavy atom. The molecule has 0 aliphatic heterocycles. The first kappa shape index (κ1) is 38.3. The maximum absolute atomic E-state index is 14.6. The number of anilines is 1. The van der Waals surface area contributed by atoms with Crippen molar-refractivity contribution in [1.29, 1.82) is 0 Å². The molecule has 1 atom stereocenters. The van der Waals surface area contributed by atoms with E-state index in [1.54, 1.807) is 67.6 Å². The van der Waals surface area contributed by atoms with E-state index < -0.39 is 56.9 Å². The van der Waals surface area contributed by atoms with E-state index in [0.717, 1.165) is 23.3 Å². The molecule has 4 rings (SSSR count). The number of nitrogens with one attached hydrogen (secondary N) is 1. The second-order valence-corrected chi connectivity index (χ2v) is 14.5. The van der Waals surface area contributed by atoms with Gasteiger partial charge in [0.05, 0.1) is 28.3 Å². The Labute approximate surface area is 295 Å². The molecule has 4 aromatic rings. The van der Waals surface area contributed by atoms with Gasteiger partial charge in [0.2, 0.25) is 11.8 Å². The third kappa shape index (κ3) is 9.79. The van der Waals surface area contributed by atoms with Gasteiger partial charge in [-0.3, -0.25) is 13.9 Å². The summed E-state index contributed by atoms with van der Waals surface area (Å²) in [6.45, 7) is 4.82. The van der Waals surface area contributed by atoms with Crippen molar-refractivity contribution in [3.05, 3.63) is 124 Å². The van der Waals surface area contributed by atoms with Gasteiger partial charge < -0.3 is 15.0 Å². The molecule has 4 aromatic carbocycles. The van der Waals surface area contributed by atoms with Crippen molar-refractivity contribution in [3.63, 3.8) is 0 Å². The fourth-order valence-corrected chi connectivity index (χ4v) is 6.83. The first-order valence-electron chi connectivity index (χ1n) is 15.8. The van der Waals surface area contributed by atoms with Crippen LogP contribution >= 0.6 is 11.6 Å². The summed E-state index contributed by atoms with van der Waals surface area (Å²) in [4.78, 5) is 29.5. The topological polar surface area (TPSA) is 96.0 Å². The number of sulfonamides is 1. The average Bonchev–Trinajstić information content (AvgIpc) is 3.08. The van der Waals surface area contributed by atoms with Crippen molar-refractivity contribution in [2.75, 3.05) is 24.5 Å². The number of benzene rings is 4. The molecule has 2 amide bonds. The number of carbonyl (C=O) groups is 2. The number of methoxy groups -OCH3 is 1. The molecule has 8 nitrogen and oxygen atoms in total. The number of amides is 2. The van der Waals surface area contributed by atoms with E-state index in [0.29, 0.717) is 28.2 Å². The number of aryl methyl sites for hydroxylation is 1. The molecule has 1 N–H and O–H groups in total. The summed E-state index contributed by atoms with van der Waals surface area (Å²) in [7, 11) is -3.15. The molecular weight excluding hydrogens is 691 g/mol. The number of halogens is 4. The highest BCUT2D eigenvalue weighted by atomic mass is 35.5. The molecule has 0 aliphatic carbocycles. The number of alkyl halides is 3. The molecular formula is C37H39ClF3N3O5S. The lowest BCUT2D eigenvalue weighted by atomic mass is 10.0. The van der Waals surface area contributed by atoms with Gasteiger partial charge in [-0.15, -0.1) is 0 Å². The normalized spacial score (nSPS) is 12.3. The first-order chi connectivity index (χ1) is 23.6. The van der Waals surface area contributed by atoms with Crippen LogP contribution in [0.1, 0.15) is 36.1 Å². The predicted molar refractivity (Wildman–Crippen MR) is 187 cm³/mol. The van der Waals surface area contributed by atoms with Gasteiger partial charge >= 0.3 is 6.18 Å². The summed E-state index contributed by atoms with van der Waals surface area (Å²) in [5.74, 6) is -0.727. The van der Waals surface area contributed by atoms with Gasteiger partial charge in [-0.25, -0.2) is 8.42 Å². The number of carbonyl (C=O) groups excluding carboxylic acids is 2. The Bertz CT molecular complexity index is 1890. The van der Waals surface area contributed by atoms with Crippen molar-refractivity contribution in [2.45, 2.75) is 50.9 Å². The summed E-state index contributed by atoms with van der Waals surface area (Å²) in [5, 5.41) is 2.26. The van der Waals surface area contributed by atoms with Crippen LogP contribution in [-0.2, 0) is 38.8 Å². The second-order valence-electron chi connectivity index (χ2n) is 12.2. The Kier molecular flexibility index (Phi) is 12.6. The summed E-state index contributed by atoms with van der Waals surface area (Å²) in [6, 6.07) is 23.1. The highest BCUT2D eigenvalue weighted by Gasteiger charge is 2.37. The molecule has 0 unspecified atom stereocenters. The molecule has 13 heteroatoms. The monoisotopic (exact) mass is 729 g/mol. The Balaban J connectivity index is 1.87. The van der Waals surface area contributed by atoms with E-state index in [-0.39, 0.29) is 23.8 Å². The van der Waals surface area contributed by atoms with Crippen LogP contribution in [0, 0.1) is 12.8 Å². The zero-order valence-corrected chi connectivity index (χ0v) is 29.6. The zero-order valence-electron chi connectivity index (χ0n) is 28.1. The van der Waals surface area contributed by atoms with Crippen LogP contribution in [0.4, 0.5) is 18.9 Å². The Hall–Kier alpha value is -4.55. The van der Waals surface area contributed by atoms with Crippen LogP contribution < -0.4 is 14.4 Å². The third-order valence-corrected chi connectivity index (χ3v) is 9.99. The van der Waals surface area contributed by atoms with Crippen LogP contribution in [0.5, 0.6) is 5.75 Å². The van der Waals surface area contributed by atoms with Crippen LogP contribution in [-0.4, -0.2) is 51.4 Å². The van der Waals surface area contributed by atoms with Crippen molar-refractivity contribution < 1.29 is 35.9 Å². The lowest BCUT2D eigenvalue weighted by molar-refractivity contribution is -0.140. The molecule has 0 aromatic heterocycles. The smallest absolute Gasteiger partial charge is 0.417 e.